The van der Waals surface area contributed by atoms with Crippen molar-refractivity contribution in [1.29, 1.82) is 0 Å². The number of hydrogen-bond donors (Lipinski definition) is 2. The highest BCUT2D eigenvalue weighted by atomic mass is 32.1. The number of thiazole rings is 1. The van der Waals surface area contributed by atoms with E-state index in [0.717, 1.165) is 36.4 Å². The van der Waals surface area contributed by atoms with Crippen molar-refractivity contribution >= 4 is 17.3 Å². The van der Waals surface area contributed by atoms with Crippen LogP contribution in [0, 0.1) is 0 Å². The Morgan fingerprint density at radius 2 is 1.83 bits per heavy atom. The van der Waals surface area contributed by atoms with Crippen molar-refractivity contribution in [3.05, 3.63) is 51.5 Å². The minimum absolute atomic E-state index is 0.403. The number of halogens is 3. The molecule has 29 heavy (non-hydrogen) atoms. The number of nitrogens with one attached hydrogen (secondary N) is 2. The van der Waals surface area contributed by atoms with Gasteiger partial charge in [-0.25, -0.2) is 4.98 Å². The zero-order valence-corrected chi connectivity index (χ0v) is 17.8. The van der Waals surface area contributed by atoms with Crippen LogP contribution in [0.15, 0.2) is 34.6 Å². The summed E-state index contributed by atoms with van der Waals surface area (Å²) in [4.78, 5) is 10.2. The molecule has 0 saturated carbocycles. The van der Waals surface area contributed by atoms with Crippen LogP contribution in [0.2, 0.25) is 0 Å². The average Bonchev–Trinajstić information content (AvgIpc) is 3.19. The molecule has 0 amide bonds. The van der Waals surface area contributed by atoms with Crippen molar-refractivity contribution < 1.29 is 13.2 Å². The summed E-state index contributed by atoms with van der Waals surface area (Å²) in [6, 6.07) is 8.28. The molecule has 1 aromatic carbocycles. The lowest BCUT2D eigenvalue weighted by molar-refractivity contribution is -0.140. The molecular formula is C20H28F3N5S. The Morgan fingerprint density at radius 3 is 2.41 bits per heavy atom. The quantitative estimate of drug-likeness (QED) is 0.471. The second-order valence-electron chi connectivity index (χ2n) is 6.46. The van der Waals surface area contributed by atoms with E-state index in [9.17, 15) is 13.2 Å². The molecule has 0 aliphatic heterocycles. The summed E-state index contributed by atoms with van der Waals surface area (Å²) in [6.45, 7) is 8.25. The van der Waals surface area contributed by atoms with Gasteiger partial charge in [0.05, 0.1) is 5.01 Å². The number of alkyl halides is 3. The maximum Gasteiger partial charge on any atom is 0.434 e. The third kappa shape index (κ3) is 7.32. The predicted octanol–water partition coefficient (Wildman–Crippen LogP) is 3.91. The average molecular weight is 428 g/mol. The summed E-state index contributed by atoms with van der Waals surface area (Å²) in [5.41, 5.74) is 1.63. The van der Waals surface area contributed by atoms with Gasteiger partial charge in [0.15, 0.2) is 11.7 Å². The van der Waals surface area contributed by atoms with Crippen LogP contribution in [-0.2, 0) is 25.7 Å². The molecule has 0 spiro atoms. The van der Waals surface area contributed by atoms with Gasteiger partial charge in [0.2, 0.25) is 0 Å². The monoisotopic (exact) mass is 427 g/mol. The first kappa shape index (κ1) is 23.2. The number of hydrogen-bond acceptors (Lipinski definition) is 4. The van der Waals surface area contributed by atoms with Crippen molar-refractivity contribution in [3.8, 4) is 0 Å². The fraction of sp³-hybridized carbons (Fsp3) is 0.500. The molecule has 0 fully saturated rings. The Bertz CT molecular complexity index is 784. The number of guanidine groups is 1. The van der Waals surface area contributed by atoms with E-state index in [2.05, 4.69) is 51.5 Å². The largest absolute Gasteiger partial charge is 0.434 e. The Labute approximate surface area is 174 Å². The van der Waals surface area contributed by atoms with Gasteiger partial charge >= 0.3 is 6.18 Å². The molecule has 1 heterocycles. The molecular weight excluding hydrogens is 399 g/mol. The van der Waals surface area contributed by atoms with E-state index in [1.54, 1.807) is 7.05 Å². The maximum absolute atomic E-state index is 12.6. The van der Waals surface area contributed by atoms with Gasteiger partial charge in [-0.15, -0.1) is 11.3 Å². The second-order valence-corrected chi connectivity index (χ2v) is 7.40. The lowest BCUT2D eigenvalue weighted by Gasteiger charge is -2.20. The molecule has 9 heteroatoms. The van der Waals surface area contributed by atoms with Crippen LogP contribution in [0.25, 0.3) is 0 Å². The highest BCUT2D eigenvalue weighted by Crippen LogP contribution is 2.30. The van der Waals surface area contributed by atoms with Crippen molar-refractivity contribution in [2.24, 2.45) is 4.99 Å². The third-order valence-electron chi connectivity index (χ3n) is 4.55. The van der Waals surface area contributed by atoms with Crippen molar-refractivity contribution in [2.45, 2.75) is 39.5 Å². The van der Waals surface area contributed by atoms with Crippen LogP contribution in [0.1, 0.15) is 35.7 Å². The van der Waals surface area contributed by atoms with Gasteiger partial charge in [0.25, 0.3) is 0 Å². The van der Waals surface area contributed by atoms with E-state index < -0.39 is 11.9 Å². The van der Waals surface area contributed by atoms with Gasteiger partial charge in [0, 0.05) is 38.5 Å². The van der Waals surface area contributed by atoms with Gasteiger partial charge < -0.3 is 10.6 Å². The molecule has 160 valence electrons. The molecule has 2 aromatic rings. The maximum atomic E-state index is 12.6. The van der Waals surface area contributed by atoms with Crippen LogP contribution in [-0.4, -0.2) is 42.5 Å². The minimum atomic E-state index is -4.39. The van der Waals surface area contributed by atoms with Gasteiger partial charge in [-0.05, 0) is 24.2 Å². The fourth-order valence-electron chi connectivity index (χ4n) is 2.82. The number of nitrogens with zero attached hydrogens (tertiary/aromatic N) is 3. The lowest BCUT2D eigenvalue weighted by atomic mass is 10.1. The first-order chi connectivity index (χ1) is 13.9. The van der Waals surface area contributed by atoms with Crippen LogP contribution in [0.4, 0.5) is 13.2 Å². The molecule has 0 radical (unpaired) electrons. The number of benzene rings is 1. The van der Waals surface area contributed by atoms with E-state index in [1.165, 1.54) is 11.1 Å². The molecule has 0 aliphatic carbocycles. The minimum Gasteiger partial charge on any atom is -0.356 e. The molecule has 0 aliphatic rings. The Balaban J connectivity index is 1.86. The third-order valence-corrected chi connectivity index (χ3v) is 5.46. The van der Waals surface area contributed by atoms with Gasteiger partial charge in [-0.2, -0.15) is 13.2 Å². The van der Waals surface area contributed by atoms with Crippen molar-refractivity contribution in [2.75, 3.05) is 26.7 Å². The van der Waals surface area contributed by atoms with Crippen LogP contribution >= 0.6 is 11.3 Å². The van der Waals surface area contributed by atoms with E-state index in [0.29, 0.717) is 30.5 Å². The molecule has 0 saturated heterocycles. The first-order valence-corrected chi connectivity index (χ1v) is 10.5. The number of rotatable bonds is 9. The molecule has 0 bridgehead atoms. The summed E-state index contributed by atoms with van der Waals surface area (Å²) in [6.07, 6.45) is -3.99. The zero-order valence-electron chi connectivity index (χ0n) is 17.0. The normalized spacial score (nSPS) is 12.4. The van der Waals surface area contributed by atoms with E-state index >= 15 is 0 Å². The molecule has 5 nitrogen and oxygen atoms in total. The van der Waals surface area contributed by atoms with Gasteiger partial charge in [-0.3, -0.25) is 9.89 Å². The first-order valence-electron chi connectivity index (χ1n) is 9.62. The topological polar surface area (TPSA) is 52.5 Å². The Kier molecular flexibility index (Phi) is 8.91. The van der Waals surface area contributed by atoms with Crippen LogP contribution in [0.5, 0.6) is 0 Å². The highest BCUT2D eigenvalue weighted by Gasteiger charge is 2.33. The van der Waals surface area contributed by atoms with Crippen molar-refractivity contribution in [3.63, 3.8) is 0 Å². The van der Waals surface area contributed by atoms with Crippen LogP contribution in [0.3, 0.4) is 0 Å². The van der Waals surface area contributed by atoms with E-state index in [-0.39, 0.29) is 0 Å². The standard InChI is InChI=1S/C20H28F3N5S/c1-4-28(5-2)13-16-9-7-6-8-15(16)12-26-19(24-3)25-11-10-18-27-17(14-29-18)20(21,22)23/h6-9,14H,4-5,10-13H2,1-3H3,(H2,24,25,26). The lowest BCUT2D eigenvalue weighted by Crippen LogP contribution is -2.38. The highest BCUT2D eigenvalue weighted by molar-refractivity contribution is 7.09. The smallest absolute Gasteiger partial charge is 0.356 e. The predicted molar refractivity (Wildman–Crippen MR) is 112 cm³/mol. The zero-order chi connectivity index (χ0) is 21.3. The molecule has 1 aromatic heterocycles. The van der Waals surface area contributed by atoms with Crippen molar-refractivity contribution in [1.82, 2.24) is 20.5 Å². The summed E-state index contributed by atoms with van der Waals surface area (Å²) in [5.74, 6) is 0.607. The van der Waals surface area contributed by atoms with Gasteiger partial charge in [-0.1, -0.05) is 38.1 Å². The number of aliphatic imine (C=N–C) groups is 1. The Morgan fingerprint density at radius 1 is 1.14 bits per heavy atom. The van der Waals surface area contributed by atoms with Crippen LogP contribution < -0.4 is 10.6 Å². The summed E-state index contributed by atoms with van der Waals surface area (Å²) in [5, 5.41) is 7.91. The second kappa shape index (κ2) is 11.2. The summed E-state index contributed by atoms with van der Waals surface area (Å²) < 4.78 is 37.9. The van der Waals surface area contributed by atoms with E-state index in [4.69, 9.17) is 0 Å². The molecule has 0 atom stereocenters. The molecule has 2 rings (SSSR count). The molecule has 2 N–H and O–H groups in total. The number of aromatic nitrogens is 1. The SMILES string of the molecule is CCN(CC)Cc1ccccc1CNC(=NC)NCCc1nc(C(F)(F)F)cs1. The van der Waals surface area contributed by atoms with Gasteiger partial charge in [0.1, 0.15) is 0 Å². The molecule has 0 unspecified atom stereocenters. The Hall–Kier alpha value is -2.13. The summed E-state index contributed by atoms with van der Waals surface area (Å²) >= 11 is 1.02. The summed E-state index contributed by atoms with van der Waals surface area (Å²) in [7, 11) is 1.67. The van der Waals surface area contributed by atoms with E-state index in [1.807, 2.05) is 12.1 Å². The fourth-order valence-corrected chi connectivity index (χ4v) is 3.62.